The third-order valence-electron chi connectivity index (χ3n) is 2.85. The predicted molar refractivity (Wildman–Crippen MR) is 65.0 cm³/mol. The maximum Gasteiger partial charge on any atom is 0.322 e. The molecule has 7 heteroatoms. The Bertz CT molecular complexity index is 636. The smallest absolute Gasteiger partial charge is 0.322 e. The zero-order chi connectivity index (χ0) is 13.4. The Morgan fingerprint density at radius 1 is 1.42 bits per heavy atom. The van der Waals surface area contributed by atoms with Crippen LogP contribution >= 0.6 is 0 Å². The van der Waals surface area contributed by atoms with Crippen LogP contribution in [-0.2, 0) is 0 Å². The van der Waals surface area contributed by atoms with E-state index in [1.165, 1.54) is 6.07 Å². The summed E-state index contributed by atoms with van der Waals surface area (Å²) in [4.78, 5) is 11.9. The molecule has 1 aromatic heterocycles. The van der Waals surface area contributed by atoms with Crippen LogP contribution in [-0.4, -0.2) is 16.1 Å². The van der Waals surface area contributed by atoms with Gasteiger partial charge in [0.25, 0.3) is 5.91 Å². The molecule has 1 heterocycles. The summed E-state index contributed by atoms with van der Waals surface area (Å²) in [6.07, 6.45) is 2.06. The highest BCUT2D eigenvalue weighted by Crippen LogP contribution is 2.39. The van der Waals surface area contributed by atoms with Crippen LogP contribution in [0.5, 0.6) is 0 Å². The molecule has 1 amide bonds. The zero-order valence-corrected chi connectivity index (χ0v) is 9.89. The number of carbonyl (C=O) groups excluding carboxylic acids is 1. The van der Waals surface area contributed by atoms with Crippen molar-refractivity contribution >= 4 is 17.6 Å². The lowest BCUT2D eigenvalue weighted by Gasteiger charge is -2.04. The van der Waals surface area contributed by atoms with Crippen LogP contribution in [0.3, 0.4) is 0 Å². The number of rotatable bonds is 3. The number of aromatic nitrogens is 2. The lowest BCUT2D eigenvalue weighted by Crippen LogP contribution is -2.14. The number of nitrogens with two attached hydrogens (primary N) is 1. The molecule has 1 aromatic carbocycles. The topological polar surface area (TPSA) is 94.0 Å². The number of hydrogen-bond donors (Lipinski definition) is 2. The number of halogens is 1. The maximum absolute atomic E-state index is 12.9. The molecule has 0 saturated heterocycles. The molecule has 1 aliphatic carbocycles. The molecule has 98 valence electrons. The average molecular weight is 262 g/mol. The highest BCUT2D eigenvalue weighted by atomic mass is 19.1. The first-order chi connectivity index (χ1) is 9.13. The Kier molecular flexibility index (Phi) is 2.66. The first-order valence-electron chi connectivity index (χ1n) is 5.83. The monoisotopic (exact) mass is 262 g/mol. The molecule has 1 saturated carbocycles. The molecule has 3 N–H and O–H groups in total. The van der Waals surface area contributed by atoms with Gasteiger partial charge in [0.2, 0.25) is 5.89 Å². The Hall–Kier alpha value is -2.44. The highest BCUT2D eigenvalue weighted by molar-refractivity contribution is 6.06. The summed E-state index contributed by atoms with van der Waals surface area (Å²) < 4.78 is 18.2. The van der Waals surface area contributed by atoms with E-state index in [1.54, 1.807) is 0 Å². The van der Waals surface area contributed by atoms with Gasteiger partial charge in [-0.3, -0.25) is 10.1 Å². The SMILES string of the molecule is Nc1cc(F)ccc1C(=O)Nc1nnc(C2CC2)o1. The minimum Gasteiger partial charge on any atom is -0.408 e. The summed E-state index contributed by atoms with van der Waals surface area (Å²) in [5, 5.41) is 10.0. The van der Waals surface area contributed by atoms with Gasteiger partial charge in [-0.1, -0.05) is 5.10 Å². The Morgan fingerprint density at radius 2 is 2.21 bits per heavy atom. The summed E-state index contributed by atoms with van der Waals surface area (Å²) in [6, 6.07) is 3.57. The van der Waals surface area contributed by atoms with E-state index in [0.29, 0.717) is 11.8 Å². The van der Waals surface area contributed by atoms with Crippen molar-refractivity contribution in [1.29, 1.82) is 0 Å². The minimum atomic E-state index is -0.511. The lowest BCUT2D eigenvalue weighted by atomic mass is 10.1. The molecular formula is C12H11FN4O2. The second kappa shape index (κ2) is 4.34. The van der Waals surface area contributed by atoms with E-state index < -0.39 is 11.7 Å². The molecule has 3 rings (SSSR count). The van der Waals surface area contributed by atoms with Gasteiger partial charge < -0.3 is 10.2 Å². The second-order valence-corrected chi connectivity index (χ2v) is 4.41. The van der Waals surface area contributed by atoms with Crippen LogP contribution in [0.4, 0.5) is 16.1 Å². The Labute approximate surface area is 107 Å². The van der Waals surface area contributed by atoms with Crippen LogP contribution in [0.1, 0.15) is 35.0 Å². The Balaban J connectivity index is 1.76. The van der Waals surface area contributed by atoms with Crippen LogP contribution in [0.15, 0.2) is 22.6 Å². The summed E-state index contributed by atoms with van der Waals surface area (Å²) in [6.45, 7) is 0. The third-order valence-corrected chi connectivity index (χ3v) is 2.85. The fourth-order valence-electron chi connectivity index (χ4n) is 1.69. The fraction of sp³-hybridized carbons (Fsp3) is 0.250. The van der Waals surface area contributed by atoms with E-state index in [-0.39, 0.29) is 17.3 Å². The molecule has 0 atom stereocenters. The van der Waals surface area contributed by atoms with Gasteiger partial charge in [-0.25, -0.2) is 4.39 Å². The molecular weight excluding hydrogens is 251 g/mol. The van der Waals surface area contributed by atoms with Crippen molar-refractivity contribution in [2.45, 2.75) is 18.8 Å². The van der Waals surface area contributed by atoms with Gasteiger partial charge in [-0.05, 0) is 31.0 Å². The number of nitrogens with one attached hydrogen (secondary N) is 1. The third kappa shape index (κ3) is 2.40. The number of benzene rings is 1. The molecule has 0 aliphatic heterocycles. The molecule has 19 heavy (non-hydrogen) atoms. The summed E-state index contributed by atoms with van der Waals surface area (Å²) in [5.74, 6) is -0.164. The van der Waals surface area contributed by atoms with E-state index in [4.69, 9.17) is 10.2 Å². The average Bonchev–Trinajstić information content (AvgIpc) is 3.10. The zero-order valence-electron chi connectivity index (χ0n) is 9.89. The van der Waals surface area contributed by atoms with E-state index in [1.807, 2.05) is 0 Å². The summed E-state index contributed by atoms with van der Waals surface area (Å²) in [7, 11) is 0. The van der Waals surface area contributed by atoms with Crippen molar-refractivity contribution in [3.8, 4) is 0 Å². The van der Waals surface area contributed by atoms with Crippen LogP contribution in [0.2, 0.25) is 0 Å². The fourth-order valence-corrected chi connectivity index (χ4v) is 1.69. The second-order valence-electron chi connectivity index (χ2n) is 4.41. The normalized spacial score (nSPS) is 14.4. The van der Waals surface area contributed by atoms with E-state index >= 15 is 0 Å². The first-order valence-corrected chi connectivity index (χ1v) is 5.83. The lowest BCUT2D eigenvalue weighted by molar-refractivity contribution is 0.102. The minimum absolute atomic E-state index is 0.0237. The van der Waals surface area contributed by atoms with Gasteiger partial charge in [0, 0.05) is 11.6 Å². The van der Waals surface area contributed by atoms with Crippen molar-refractivity contribution in [3.63, 3.8) is 0 Å². The van der Waals surface area contributed by atoms with Gasteiger partial charge in [0.15, 0.2) is 0 Å². The van der Waals surface area contributed by atoms with Gasteiger partial charge in [0.05, 0.1) is 5.56 Å². The largest absolute Gasteiger partial charge is 0.408 e. The molecule has 0 radical (unpaired) electrons. The van der Waals surface area contributed by atoms with Crippen molar-refractivity contribution in [1.82, 2.24) is 10.2 Å². The van der Waals surface area contributed by atoms with Crippen molar-refractivity contribution in [2.24, 2.45) is 0 Å². The molecule has 6 nitrogen and oxygen atoms in total. The van der Waals surface area contributed by atoms with Crippen LogP contribution in [0.25, 0.3) is 0 Å². The standard InChI is InChI=1S/C12H11FN4O2/c13-7-3-4-8(9(14)5-7)10(18)15-12-17-16-11(19-12)6-1-2-6/h3-6H,1-2,14H2,(H,15,17,18). The number of nitrogen functional groups attached to an aromatic ring is 1. The molecule has 0 spiro atoms. The molecule has 2 aromatic rings. The number of hydrogen-bond acceptors (Lipinski definition) is 5. The van der Waals surface area contributed by atoms with E-state index in [2.05, 4.69) is 15.5 Å². The molecule has 0 bridgehead atoms. The number of anilines is 2. The van der Waals surface area contributed by atoms with E-state index in [0.717, 1.165) is 25.0 Å². The van der Waals surface area contributed by atoms with Crippen molar-refractivity contribution in [2.75, 3.05) is 11.1 Å². The predicted octanol–water partition coefficient (Wildman–Crippen LogP) is 1.92. The van der Waals surface area contributed by atoms with Gasteiger partial charge in [-0.15, -0.1) is 5.10 Å². The van der Waals surface area contributed by atoms with Crippen molar-refractivity contribution < 1.29 is 13.6 Å². The molecule has 1 fully saturated rings. The summed E-state index contributed by atoms with van der Waals surface area (Å²) >= 11 is 0. The molecule has 1 aliphatic rings. The summed E-state index contributed by atoms with van der Waals surface area (Å²) in [5.41, 5.74) is 5.79. The van der Waals surface area contributed by atoms with Crippen LogP contribution in [0, 0.1) is 5.82 Å². The number of carbonyl (C=O) groups is 1. The maximum atomic E-state index is 12.9. The quantitative estimate of drug-likeness (QED) is 0.824. The highest BCUT2D eigenvalue weighted by Gasteiger charge is 2.29. The number of amides is 1. The molecule has 0 unspecified atom stereocenters. The van der Waals surface area contributed by atoms with Gasteiger partial charge in [-0.2, -0.15) is 0 Å². The van der Waals surface area contributed by atoms with Gasteiger partial charge >= 0.3 is 6.01 Å². The van der Waals surface area contributed by atoms with Gasteiger partial charge in [0.1, 0.15) is 5.82 Å². The van der Waals surface area contributed by atoms with Crippen molar-refractivity contribution in [3.05, 3.63) is 35.5 Å². The first kappa shape index (κ1) is 11.6. The number of nitrogens with zero attached hydrogens (tertiary/aromatic N) is 2. The Morgan fingerprint density at radius 3 is 2.89 bits per heavy atom. The van der Waals surface area contributed by atoms with Crippen LogP contribution < -0.4 is 11.1 Å². The van der Waals surface area contributed by atoms with E-state index in [9.17, 15) is 9.18 Å².